The summed E-state index contributed by atoms with van der Waals surface area (Å²) in [6.07, 6.45) is 0.465. The Labute approximate surface area is 581 Å². The number of aliphatic hydroxyl groups excluding tert-OH is 2. The number of carboxylic acid groups (broad SMARTS) is 11. The lowest BCUT2D eigenvalue weighted by molar-refractivity contribution is -0.202. The fourth-order valence-electron chi connectivity index (χ4n) is 16.2. The van der Waals surface area contributed by atoms with E-state index in [0.717, 1.165) is 32.4 Å². The maximum absolute atomic E-state index is 14.7. The van der Waals surface area contributed by atoms with Crippen molar-refractivity contribution in [2.45, 2.75) is 135 Å². The predicted octanol–water partition coefficient (Wildman–Crippen LogP) is -0.281. The van der Waals surface area contributed by atoms with Gasteiger partial charge >= 0.3 is 65.7 Å². The Morgan fingerprint density at radius 1 is 0.465 bits per heavy atom. The van der Waals surface area contributed by atoms with Crippen molar-refractivity contribution in [3.05, 3.63) is 23.8 Å². The van der Waals surface area contributed by atoms with Gasteiger partial charge in [0.05, 0.1) is 64.6 Å². The van der Waals surface area contributed by atoms with Crippen LogP contribution in [0.4, 0.5) is 11.4 Å². The standard InChI is InChI=1S/C65H97N9O27/c1-36(4-11-51(79)80)42-5-6-43-60-44(27-48(76)65(42,43)3)64(2)13-12-39(24-38(64)25-47(60)75)68-61(97)37-22-40(66-49(77)9-7-45(62(98)99)73(18-14-69(28-52(81)82)29-53(83)84)19-15-70(30-54(85)86)31-55(87)88)26-41(23-37)67-50(78)10-8-46(63(100)101)74(20-16-71(32-56(89)90)33-57(91)92)21-17-72(34-58(93)94)35-59(95)96/h22-23,26,36,38-39,42-48,60,75-76H,4-21,24-25,27-35H2,1-3H3,(H,66,77)(H,67,78)(H,68,97)(H,79,80)(H,81,82)(H,83,84)(H,85,86)(H,87,88)(H,89,90)(H,91,92)(H,93,94)(H,95,96)(H,98,99)(H,100,101)/t36?,38-,39+,42+,43?,44?,45-,46-,47?,48?,60?,64-,65+/m0/s1. The molecular formula is C65H97N9O27. The van der Waals surface area contributed by atoms with Crippen molar-refractivity contribution in [1.82, 2.24) is 34.7 Å². The molecule has 6 unspecified atom stereocenters. The number of hydrogen-bond donors (Lipinski definition) is 16. The Kier molecular flexibility index (Phi) is 31.2. The smallest absolute Gasteiger partial charge is 0.320 e. The molecule has 0 radical (unpaired) electrons. The molecule has 0 aromatic heterocycles. The summed E-state index contributed by atoms with van der Waals surface area (Å²) in [5.41, 5.74) is -1.39. The summed E-state index contributed by atoms with van der Waals surface area (Å²) in [4.78, 5) is 180. The molecule has 1 aromatic carbocycles. The first-order valence-electron chi connectivity index (χ1n) is 33.5. The minimum absolute atomic E-state index is 0.00292. The molecular weight excluding hydrogens is 1340 g/mol. The summed E-state index contributed by atoms with van der Waals surface area (Å²) in [6, 6.07) is -0.0889. The highest BCUT2D eigenvalue weighted by Crippen LogP contribution is 2.68. The van der Waals surface area contributed by atoms with Gasteiger partial charge in [-0.25, -0.2) is 0 Å². The summed E-state index contributed by atoms with van der Waals surface area (Å²) >= 11 is 0. The second-order valence-corrected chi connectivity index (χ2v) is 27.7. The van der Waals surface area contributed by atoms with Gasteiger partial charge in [-0.05, 0) is 129 Å². The number of aliphatic hydroxyl groups is 2. The van der Waals surface area contributed by atoms with Crippen LogP contribution < -0.4 is 16.0 Å². The number of aliphatic carboxylic acids is 11. The number of rotatable bonds is 46. The van der Waals surface area contributed by atoms with Crippen LogP contribution in [-0.2, 0) is 62.3 Å². The zero-order valence-corrected chi connectivity index (χ0v) is 56.8. The van der Waals surface area contributed by atoms with E-state index in [-0.39, 0.29) is 117 Å². The van der Waals surface area contributed by atoms with E-state index >= 15 is 0 Å². The minimum atomic E-state index is -1.65. The largest absolute Gasteiger partial charge is 0.481 e. The van der Waals surface area contributed by atoms with E-state index in [9.17, 15) is 134 Å². The number of nitrogens with one attached hydrogen (secondary N) is 3. The highest BCUT2D eigenvalue weighted by atomic mass is 16.4. The second-order valence-electron chi connectivity index (χ2n) is 27.7. The molecule has 101 heavy (non-hydrogen) atoms. The number of fused-ring (bicyclic) bond motifs is 5. The van der Waals surface area contributed by atoms with Crippen molar-refractivity contribution in [2.75, 3.05) is 115 Å². The fraction of sp³-hybridized carbons (Fsp3) is 0.692. The van der Waals surface area contributed by atoms with Crippen LogP contribution in [-0.4, -0.2) is 314 Å². The van der Waals surface area contributed by atoms with E-state index in [2.05, 4.69) is 29.8 Å². The van der Waals surface area contributed by atoms with E-state index in [1.807, 2.05) is 6.92 Å². The molecule has 36 heteroatoms. The molecule has 0 spiro atoms. The lowest BCUT2D eigenvalue weighted by Crippen LogP contribution is -2.63. The van der Waals surface area contributed by atoms with Crippen molar-refractivity contribution < 1.29 is 134 Å². The molecule has 13 atom stereocenters. The average Bonchev–Trinajstić information content (AvgIpc) is 1.67. The van der Waals surface area contributed by atoms with E-state index in [4.69, 9.17) is 0 Å². The molecule has 4 saturated carbocycles. The summed E-state index contributed by atoms with van der Waals surface area (Å²) < 4.78 is 0. The van der Waals surface area contributed by atoms with Gasteiger partial charge in [0.15, 0.2) is 0 Å². The third-order valence-electron chi connectivity index (χ3n) is 20.9. The number of carbonyl (C=O) groups excluding carboxylic acids is 3. The van der Waals surface area contributed by atoms with Crippen molar-refractivity contribution in [2.24, 2.45) is 46.3 Å². The predicted molar refractivity (Wildman–Crippen MR) is 350 cm³/mol. The SMILES string of the molecule is CC(CCC(=O)O)[C@H]1CCC2C3C(O)C[C@@H]4C[C@H](NC(=O)c5cc(NC(=O)CC[C@@H](C(=O)O)N(CCN(CC(=O)O)CC(=O)O)CCN(CC(=O)O)CC(=O)O)cc(NC(=O)CC[C@@H](C(=O)O)N(CCN(CC(=O)O)CC(=O)O)CCN(CC(=O)O)CC(=O)O)c5)CC[C@]4(C)C3CC(O)[C@@]21C. The molecule has 564 valence electrons. The minimum Gasteiger partial charge on any atom is -0.481 e. The van der Waals surface area contributed by atoms with E-state index in [0.29, 0.717) is 38.5 Å². The first kappa shape index (κ1) is 83.1. The Morgan fingerprint density at radius 3 is 1.21 bits per heavy atom. The molecule has 5 rings (SSSR count). The first-order valence-corrected chi connectivity index (χ1v) is 33.5. The molecule has 1 aromatic rings. The highest BCUT2D eigenvalue weighted by Gasteiger charge is 2.66. The number of nitrogens with zero attached hydrogens (tertiary/aromatic N) is 6. The van der Waals surface area contributed by atoms with E-state index in [1.54, 1.807) is 0 Å². The van der Waals surface area contributed by atoms with Crippen molar-refractivity contribution in [3.63, 3.8) is 0 Å². The van der Waals surface area contributed by atoms with Crippen LogP contribution in [0.2, 0.25) is 0 Å². The Morgan fingerprint density at radius 2 is 0.851 bits per heavy atom. The Bertz CT molecular complexity index is 2890. The second kappa shape index (κ2) is 37.9. The number of benzene rings is 1. The lowest BCUT2D eigenvalue weighted by Gasteiger charge is -2.63. The molecule has 4 fully saturated rings. The zero-order chi connectivity index (χ0) is 75.4. The molecule has 0 aliphatic heterocycles. The summed E-state index contributed by atoms with van der Waals surface area (Å²) in [6.45, 7) is -3.23. The lowest BCUT2D eigenvalue weighted by atomic mass is 9.43. The third-order valence-corrected chi connectivity index (χ3v) is 20.9. The van der Waals surface area contributed by atoms with Gasteiger partial charge in [-0.1, -0.05) is 20.8 Å². The molecule has 3 amide bonds. The molecule has 36 nitrogen and oxygen atoms in total. The van der Waals surface area contributed by atoms with Gasteiger partial charge in [0.2, 0.25) is 11.8 Å². The van der Waals surface area contributed by atoms with Crippen LogP contribution in [0.15, 0.2) is 18.2 Å². The number of amides is 3. The molecule has 0 saturated heterocycles. The van der Waals surface area contributed by atoms with Crippen LogP contribution >= 0.6 is 0 Å². The maximum Gasteiger partial charge on any atom is 0.320 e. The molecule has 0 bridgehead atoms. The van der Waals surface area contributed by atoms with Crippen molar-refractivity contribution in [1.29, 1.82) is 0 Å². The molecule has 16 N–H and O–H groups in total. The van der Waals surface area contributed by atoms with Crippen molar-refractivity contribution >= 4 is 94.8 Å². The first-order chi connectivity index (χ1) is 47.3. The number of anilines is 2. The third kappa shape index (κ3) is 24.9. The summed E-state index contributed by atoms with van der Waals surface area (Å²) in [5, 5.41) is 139. The molecule has 4 aliphatic carbocycles. The van der Waals surface area contributed by atoms with Gasteiger partial charge in [0.1, 0.15) is 12.1 Å². The van der Waals surface area contributed by atoms with Crippen LogP contribution in [0.3, 0.4) is 0 Å². The molecule has 4 aliphatic rings. The molecule has 0 heterocycles. The van der Waals surface area contributed by atoms with Gasteiger partial charge < -0.3 is 82.3 Å². The van der Waals surface area contributed by atoms with Gasteiger partial charge in [-0.3, -0.25) is 96.5 Å². The normalized spacial score (nSPS) is 24.0. The van der Waals surface area contributed by atoms with Gasteiger partial charge in [-0.15, -0.1) is 0 Å². The van der Waals surface area contributed by atoms with Crippen LogP contribution in [0.25, 0.3) is 0 Å². The van der Waals surface area contributed by atoms with Gasteiger partial charge in [0.25, 0.3) is 5.91 Å². The van der Waals surface area contributed by atoms with E-state index in [1.165, 1.54) is 28.0 Å². The average molecular weight is 1440 g/mol. The fourth-order valence-corrected chi connectivity index (χ4v) is 16.2. The topological polar surface area (TPSA) is 558 Å². The summed E-state index contributed by atoms with van der Waals surface area (Å²) in [5.74, 6) is -18.2. The van der Waals surface area contributed by atoms with Crippen LogP contribution in [0, 0.1) is 46.3 Å². The number of hydrogen-bond acceptors (Lipinski definition) is 22. The van der Waals surface area contributed by atoms with Gasteiger partial charge in [-0.2, -0.15) is 0 Å². The van der Waals surface area contributed by atoms with Crippen LogP contribution in [0.5, 0.6) is 0 Å². The monoisotopic (exact) mass is 1440 g/mol. The Balaban J connectivity index is 1.45. The van der Waals surface area contributed by atoms with Crippen LogP contribution in [0.1, 0.15) is 115 Å². The van der Waals surface area contributed by atoms with Crippen molar-refractivity contribution in [3.8, 4) is 0 Å². The van der Waals surface area contributed by atoms with E-state index < -0.39 is 197 Å². The zero-order valence-electron chi connectivity index (χ0n) is 56.8. The van der Waals surface area contributed by atoms with Gasteiger partial charge in [0, 0.05) is 94.6 Å². The summed E-state index contributed by atoms with van der Waals surface area (Å²) in [7, 11) is 0. The maximum atomic E-state index is 14.7. The number of carboxylic acids is 11. The number of carbonyl (C=O) groups is 14. The quantitative estimate of drug-likeness (QED) is 0.0399. The Hall–Kier alpha value is -8.52. The highest BCUT2D eigenvalue weighted by molar-refractivity contribution is 6.01.